The molecule has 0 spiro atoms. The van der Waals surface area contributed by atoms with Gasteiger partial charge in [-0.3, -0.25) is 4.79 Å². The zero-order valence-corrected chi connectivity index (χ0v) is 11.8. The summed E-state index contributed by atoms with van der Waals surface area (Å²) < 4.78 is 0. The lowest BCUT2D eigenvalue weighted by molar-refractivity contribution is 0.102. The number of benzene rings is 2. The van der Waals surface area contributed by atoms with Crippen LogP contribution in [0.2, 0.25) is 0 Å². The Morgan fingerprint density at radius 2 is 1.80 bits per heavy atom. The lowest BCUT2D eigenvalue weighted by Crippen LogP contribution is -2.14. The molecule has 20 heavy (non-hydrogen) atoms. The molecule has 2 aromatic carbocycles. The molecule has 1 amide bonds. The van der Waals surface area contributed by atoms with Crippen molar-refractivity contribution in [1.82, 2.24) is 0 Å². The number of nitrogens with one attached hydrogen (secondary N) is 1. The van der Waals surface area contributed by atoms with E-state index in [0.29, 0.717) is 22.5 Å². The smallest absolute Gasteiger partial charge is 0.255 e. The number of nitrogens with two attached hydrogens (primary N) is 1. The minimum absolute atomic E-state index is 0.174. The highest BCUT2D eigenvalue weighted by atomic mass is 16.3. The van der Waals surface area contributed by atoms with Gasteiger partial charge in [-0.2, -0.15) is 0 Å². The molecule has 2 aromatic rings. The highest BCUT2D eigenvalue weighted by molar-refractivity contribution is 6.06. The Labute approximate surface area is 118 Å². The van der Waals surface area contributed by atoms with Crippen LogP contribution in [0.15, 0.2) is 30.3 Å². The second kappa shape index (κ2) is 5.25. The molecular weight excluding hydrogens is 252 g/mol. The Balaban J connectivity index is 2.32. The van der Waals surface area contributed by atoms with Gasteiger partial charge in [0.15, 0.2) is 0 Å². The molecule has 4 nitrogen and oxygen atoms in total. The van der Waals surface area contributed by atoms with E-state index >= 15 is 0 Å². The summed E-state index contributed by atoms with van der Waals surface area (Å²) in [6.45, 7) is 5.64. The number of hydrogen-bond donors (Lipinski definition) is 3. The number of carbonyl (C=O) groups excluding carboxylic acids is 1. The van der Waals surface area contributed by atoms with Crippen LogP contribution in [-0.4, -0.2) is 11.0 Å². The van der Waals surface area contributed by atoms with Gasteiger partial charge in [0.2, 0.25) is 0 Å². The molecule has 0 saturated carbocycles. The Bertz CT molecular complexity index is 678. The van der Waals surface area contributed by atoms with Crippen LogP contribution in [-0.2, 0) is 0 Å². The lowest BCUT2D eigenvalue weighted by Gasteiger charge is -2.13. The Kier molecular flexibility index (Phi) is 3.66. The monoisotopic (exact) mass is 270 g/mol. The summed E-state index contributed by atoms with van der Waals surface area (Å²) in [7, 11) is 0. The first-order valence-electron chi connectivity index (χ1n) is 6.37. The number of phenolic OH excluding ortho intramolecular Hbond substituents is 1. The number of aryl methyl sites for hydroxylation is 2. The third kappa shape index (κ3) is 2.59. The molecule has 0 bridgehead atoms. The molecule has 0 heterocycles. The number of rotatable bonds is 2. The molecule has 0 unspecified atom stereocenters. The van der Waals surface area contributed by atoms with Crippen molar-refractivity contribution in [3.8, 4) is 5.75 Å². The molecule has 4 heteroatoms. The van der Waals surface area contributed by atoms with Crippen LogP contribution in [0, 0.1) is 20.8 Å². The number of phenols is 1. The van der Waals surface area contributed by atoms with Gasteiger partial charge < -0.3 is 16.2 Å². The van der Waals surface area contributed by atoms with Gasteiger partial charge in [0.1, 0.15) is 5.75 Å². The van der Waals surface area contributed by atoms with Crippen molar-refractivity contribution >= 4 is 17.3 Å². The standard InChI is InChI=1S/C16H18N2O2/c1-9-4-6-13(17)15(11(9)3)18-16(20)12-5-7-14(19)10(2)8-12/h4-8,19H,17H2,1-3H3,(H,18,20). The number of carbonyl (C=O) groups is 1. The number of aromatic hydroxyl groups is 1. The molecule has 0 saturated heterocycles. The molecule has 0 atom stereocenters. The number of nitrogen functional groups attached to an aromatic ring is 1. The van der Waals surface area contributed by atoms with Crippen LogP contribution in [0.3, 0.4) is 0 Å². The first-order chi connectivity index (χ1) is 9.40. The molecule has 0 aromatic heterocycles. The van der Waals surface area contributed by atoms with Crippen LogP contribution >= 0.6 is 0 Å². The summed E-state index contributed by atoms with van der Waals surface area (Å²) in [6.07, 6.45) is 0. The quantitative estimate of drug-likeness (QED) is 0.734. The Morgan fingerprint density at radius 3 is 2.45 bits per heavy atom. The highest BCUT2D eigenvalue weighted by Gasteiger charge is 2.12. The molecule has 2 rings (SSSR count). The Morgan fingerprint density at radius 1 is 1.10 bits per heavy atom. The summed E-state index contributed by atoms with van der Waals surface area (Å²) in [5.74, 6) is -0.0682. The first kappa shape index (κ1) is 13.9. The number of amides is 1. The van der Waals surface area contributed by atoms with Crippen molar-refractivity contribution in [2.45, 2.75) is 20.8 Å². The van der Waals surface area contributed by atoms with E-state index in [0.717, 1.165) is 11.1 Å². The lowest BCUT2D eigenvalue weighted by atomic mass is 10.1. The summed E-state index contributed by atoms with van der Waals surface area (Å²) >= 11 is 0. The van der Waals surface area contributed by atoms with Crippen molar-refractivity contribution in [2.75, 3.05) is 11.1 Å². The fourth-order valence-corrected chi connectivity index (χ4v) is 1.99. The minimum Gasteiger partial charge on any atom is -0.508 e. The average Bonchev–Trinajstić information content (AvgIpc) is 2.42. The van der Waals surface area contributed by atoms with Crippen LogP contribution in [0.25, 0.3) is 0 Å². The van der Waals surface area contributed by atoms with E-state index in [1.165, 1.54) is 6.07 Å². The van der Waals surface area contributed by atoms with E-state index in [4.69, 9.17) is 5.73 Å². The van der Waals surface area contributed by atoms with Gasteiger partial charge in [0.25, 0.3) is 5.91 Å². The molecule has 4 N–H and O–H groups in total. The van der Waals surface area contributed by atoms with Crippen LogP contribution in [0.4, 0.5) is 11.4 Å². The van der Waals surface area contributed by atoms with Gasteiger partial charge in [-0.15, -0.1) is 0 Å². The fraction of sp³-hybridized carbons (Fsp3) is 0.188. The van der Waals surface area contributed by atoms with E-state index in [-0.39, 0.29) is 11.7 Å². The average molecular weight is 270 g/mol. The number of anilines is 2. The van der Waals surface area contributed by atoms with Gasteiger partial charge >= 0.3 is 0 Å². The molecule has 0 radical (unpaired) electrons. The molecule has 0 fully saturated rings. The first-order valence-corrected chi connectivity index (χ1v) is 6.37. The van der Waals surface area contributed by atoms with Gasteiger partial charge in [-0.25, -0.2) is 0 Å². The molecule has 104 valence electrons. The summed E-state index contributed by atoms with van der Waals surface area (Å²) in [5, 5.41) is 12.3. The van der Waals surface area contributed by atoms with Gasteiger partial charge in [-0.05, 0) is 61.7 Å². The third-order valence-electron chi connectivity index (χ3n) is 3.47. The maximum Gasteiger partial charge on any atom is 0.255 e. The van der Waals surface area contributed by atoms with E-state index in [1.807, 2.05) is 19.9 Å². The SMILES string of the molecule is Cc1cc(C(=O)Nc2c(N)ccc(C)c2C)ccc1O. The van der Waals surface area contributed by atoms with E-state index < -0.39 is 0 Å². The molecule has 0 aliphatic rings. The van der Waals surface area contributed by atoms with E-state index in [2.05, 4.69) is 5.32 Å². The van der Waals surface area contributed by atoms with Crippen molar-refractivity contribution in [2.24, 2.45) is 0 Å². The van der Waals surface area contributed by atoms with Crippen molar-refractivity contribution in [1.29, 1.82) is 0 Å². The maximum absolute atomic E-state index is 12.2. The number of hydrogen-bond acceptors (Lipinski definition) is 3. The summed E-state index contributed by atoms with van der Waals surface area (Å²) in [6, 6.07) is 8.44. The van der Waals surface area contributed by atoms with Crippen molar-refractivity contribution < 1.29 is 9.90 Å². The van der Waals surface area contributed by atoms with Crippen LogP contribution < -0.4 is 11.1 Å². The fourth-order valence-electron chi connectivity index (χ4n) is 1.99. The van der Waals surface area contributed by atoms with Crippen molar-refractivity contribution in [3.63, 3.8) is 0 Å². The summed E-state index contributed by atoms with van der Waals surface area (Å²) in [5.41, 5.74) is 10.3. The van der Waals surface area contributed by atoms with Crippen molar-refractivity contribution in [3.05, 3.63) is 52.6 Å². The third-order valence-corrected chi connectivity index (χ3v) is 3.47. The Hall–Kier alpha value is -2.49. The maximum atomic E-state index is 12.2. The minimum atomic E-state index is -0.242. The van der Waals surface area contributed by atoms with Crippen LogP contribution in [0.1, 0.15) is 27.0 Å². The van der Waals surface area contributed by atoms with Gasteiger partial charge in [0.05, 0.1) is 11.4 Å². The van der Waals surface area contributed by atoms with E-state index in [9.17, 15) is 9.90 Å². The second-order valence-electron chi connectivity index (χ2n) is 4.93. The predicted molar refractivity (Wildman–Crippen MR) is 81.1 cm³/mol. The zero-order chi connectivity index (χ0) is 14.9. The second-order valence-corrected chi connectivity index (χ2v) is 4.93. The topological polar surface area (TPSA) is 75.4 Å². The predicted octanol–water partition coefficient (Wildman–Crippen LogP) is 3.15. The zero-order valence-electron chi connectivity index (χ0n) is 11.8. The van der Waals surface area contributed by atoms with E-state index in [1.54, 1.807) is 25.1 Å². The largest absolute Gasteiger partial charge is 0.508 e. The van der Waals surface area contributed by atoms with Gasteiger partial charge in [0, 0.05) is 5.56 Å². The normalized spacial score (nSPS) is 10.3. The van der Waals surface area contributed by atoms with Gasteiger partial charge in [-0.1, -0.05) is 6.07 Å². The molecule has 0 aliphatic heterocycles. The molecule has 0 aliphatic carbocycles. The van der Waals surface area contributed by atoms with Crippen LogP contribution in [0.5, 0.6) is 5.75 Å². The highest BCUT2D eigenvalue weighted by Crippen LogP contribution is 2.26. The summed E-state index contributed by atoms with van der Waals surface area (Å²) in [4.78, 5) is 12.2. The molecular formula is C16H18N2O2.